The van der Waals surface area contributed by atoms with Crippen LogP contribution in [0.3, 0.4) is 0 Å². The number of carbonyl (C=O) groups is 1. The number of likely N-dealkylation sites (tertiary alicyclic amines) is 1. The van der Waals surface area contributed by atoms with Crippen molar-refractivity contribution in [3.8, 4) is 11.5 Å². The van der Waals surface area contributed by atoms with Crippen LogP contribution in [0.5, 0.6) is 11.5 Å². The van der Waals surface area contributed by atoms with Gasteiger partial charge in [0.2, 0.25) is 0 Å². The molecule has 0 saturated carbocycles. The molecule has 10 heteroatoms. The third kappa shape index (κ3) is 4.00. The van der Waals surface area contributed by atoms with E-state index in [1.807, 2.05) is 0 Å². The molecule has 3 heterocycles. The number of rotatable bonds is 3. The average Bonchev–Trinajstić information content (AvgIpc) is 3.31. The molecule has 7 nitrogen and oxygen atoms in total. The fourth-order valence-electron chi connectivity index (χ4n) is 5.36. The quantitative estimate of drug-likeness (QED) is 0.564. The number of ether oxygens (including phenoxy) is 1. The minimum absolute atomic E-state index is 0.111. The van der Waals surface area contributed by atoms with Gasteiger partial charge in [-0.15, -0.1) is 0 Å². The maximum Gasteiger partial charge on any atom is 0.407 e. The van der Waals surface area contributed by atoms with Crippen LogP contribution in [0.2, 0.25) is 0 Å². The number of anilines is 1. The molecule has 1 aromatic carbocycles. The molecule has 2 aromatic rings. The summed E-state index contributed by atoms with van der Waals surface area (Å²) in [4.78, 5) is 24.0. The first kappa shape index (κ1) is 22.7. The Morgan fingerprint density at radius 1 is 1.22 bits per heavy atom. The highest BCUT2D eigenvalue weighted by Crippen LogP contribution is 2.52. The van der Waals surface area contributed by atoms with Crippen molar-refractivity contribution in [3.63, 3.8) is 0 Å². The number of carboxylic acid groups (broad SMARTS) is 1. The lowest BCUT2D eigenvalue weighted by Crippen LogP contribution is -2.51. The van der Waals surface area contributed by atoms with Crippen LogP contribution in [0, 0.1) is 22.5 Å². The number of hydrogen-bond donors (Lipinski definition) is 1. The largest absolute Gasteiger partial charge is 0.465 e. The molecule has 4 rings (SSSR count). The molecule has 2 atom stereocenters. The number of aromatic nitrogens is 2. The van der Waals surface area contributed by atoms with Gasteiger partial charge >= 0.3 is 6.09 Å². The van der Waals surface area contributed by atoms with E-state index >= 15 is 0 Å². The first-order valence-electron chi connectivity index (χ1n) is 10.4. The average molecular weight is 511 g/mol. The van der Waals surface area contributed by atoms with Crippen molar-refractivity contribution in [2.45, 2.75) is 39.7 Å². The van der Waals surface area contributed by atoms with Crippen molar-refractivity contribution in [2.24, 2.45) is 10.8 Å². The van der Waals surface area contributed by atoms with E-state index < -0.39 is 17.7 Å². The Morgan fingerprint density at radius 3 is 2.59 bits per heavy atom. The van der Waals surface area contributed by atoms with E-state index in [1.165, 1.54) is 12.5 Å². The van der Waals surface area contributed by atoms with Crippen LogP contribution < -0.4 is 9.64 Å². The first-order valence-corrected chi connectivity index (χ1v) is 11.2. The monoisotopic (exact) mass is 510 g/mol. The molecule has 0 radical (unpaired) electrons. The van der Waals surface area contributed by atoms with E-state index in [0.29, 0.717) is 31.2 Å². The van der Waals surface area contributed by atoms with Crippen LogP contribution in [-0.2, 0) is 0 Å². The summed E-state index contributed by atoms with van der Waals surface area (Å²) in [5.41, 5.74) is -0.437. The number of hydrogen-bond acceptors (Lipinski definition) is 5. The topological polar surface area (TPSA) is 78.8 Å². The lowest BCUT2D eigenvalue weighted by molar-refractivity contribution is 0.0615. The molecule has 1 amide bonds. The van der Waals surface area contributed by atoms with E-state index in [-0.39, 0.29) is 27.1 Å². The van der Waals surface area contributed by atoms with E-state index in [9.17, 15) is 18.7 Å². The van der Waals surface area contributed by atoms with Gasteiger partial charge < -0.3 is 19.6 Å². The highest BCUT2D eigenvalue weighted by Gasteiger charge is 2.56. The van der Waals surface area contributed by atoms with Gasteiger partial charge in [-0.2, -0.15) is 0 Å². The van der Waals surface area contributed by atoms with Crippen LogP contribution in [0.4, 0.5) is 19.4 Å². The van der Waals surface area contributed by atoms with Gasteiger partial charge in [-0.25, -0.2) is 23.5 Å². The zero-order valence-corrected chi connectivity index (χ0v) is 19.7. The third-order valence-electron chi connectivity index (χ3n) is 6.35. The Hall–Kier alpha value is -2.49. The van der Waals surface area contributed by atoms with Gasteiger partial charge in [-0.3, -0.25) is 0 Å². The number of nitrogens with zero attached hydrogens (tertiary/aromatic N) is 4. The molecule has 1 N–H and O–H groups in total. The molecule has 2 saturated heterocycles. The second-order valence-corrected chi connectivity index (χ2v) is 10.4. The summed E-state index contributed by atoms with van der Waals surface area (Å²) in [7, 11) is 0. The maximum atomic E-state index is 13.8. The predicted molar refractivity (Wildman–Crippen MR) is 118 cm³/mol. The maximum absolute atomic E-state index is 13.8. The van der Waals surface area contributed by atoms with Crippen molar-refractivity contribution >= 4 is 27.8 Å². The van der Waals surface area contributed by atoms with Gasteiger partial charge in [-0.05, 0) is 40.3 Å². The summed E-state index contributed by atoms with van der Waals surface area (Å²) in [5, 5.41) is 9.76. The lowest BCUT2D eigenvalue weighted by Gasteiger charge is -2.42. The number of benzene rings is 1. The Bertz CT molecular complexity index is 1050. The lowest BCUT2D eigenvalue weighted by atomic mass is 9.68. The Morgan fingerprint density at radius 2 is 1.91 bits per heavy atom. The van der Waals surface area contributed by atoms with Gasteiger partial charge in [0.1, 0.15) is 12.1 Å². The van der Waals surface area contributed by atoms with Gasteiger partial charge in [0, 0.05) is 37.2 Å². The second-order valence-electron chi connectivity index (χ2n) is 9.54. The van der Waals surface area contributed by atoms with Crippen molar-refractivity contribution in [3.05, 3.63) is 40.8 Å². The number of amides is 1. The summed E-state index contributed by atoms with van der Waals surface area (Å²) < 4.78 is 33.4. The molecule has 1 spiro atoms. The van der Waals surface area contributed by atoms with Crippen LogP contribution in [0.25, 0.3) is 0 Å². The fourth-order valence-corrected chi connectivity index (χ4v) is 5.75. The molecule has 2 fully saturated rings. The minimum atomic E-state index is -1.02. The molecule has 2 aliphatic rings. The smallest absolute Gasteiger partial charge is 0.407 e. The highest BCUT2D eigenvalue weighted by molar-refractivity contribution is 9.10. The summed E-state index contributed by atoms with van der Waals surface area (Å²) >= 11 is 3.20. The van der Waals surface area contributed by atoms with Gasteiger partial charge in [0.15, 0.2) is 23.2 Å². The summed E-state index contributed by atoms with van der Waals surface area (Å²) in [5.74, 6) is -1.03. The summed E-state index contributed by atoms with van der Waals surface area (Å²) in [6, 6.07) is 1.84. The minimum Gasteiger partial charge on any atom is -0.465 e. The number of halogens is 3. The molecule has 172 valence electrons. The SMILES string of the molecule is CC(C)(C)C1N(C(=O)O)CCC12CCN(c1ncncc1Oc1cc(F)c(F)cc1Br)C2. The Labute approximate surface area is 193 Å². The molecule has 0 aliphatic carbocycles. The summed E-state index contributed by atoms with van der Waals surface area (Å²) in [6.45, 7) is 8.01. The highest BCUT2D eigenvalue weighted by atomic mass is 79.9. The Balaban J connectivity index is 1.63. The second kappa shape index (κ2) is 8.13. The third-order valence-corrected chi connectivity index (χ3v) is 6.97. The molecular weight excluding hydrogens is 486 g/mol. The van der Waals surface area contributed by atoms with Crippen LogP contribution in [-0.4, -0.2) is 51.7 Å². The zero-order valence-electron chi connectivity index (χ0n) is 18.1. The van der Waals surface area contributed by atoms with Crippen molar-refractivity contribution in [1.82, 2.24) is 14.9 Å². The van der Waals surface area contributed by atoms with E-state index in [2.05, 4.69) is 51.6 Å². The fraction of sp³-hybridized carbons (Fsp3) is 0.500. The van der Waals surface area contributed by atoms with Crippen molar-refractivity contribution < 1.29 is 23.4 Å². The molecule has 1 aromatic heterocycles. The van der Waals surface area contributed by atoms with E-state index in [0.717, 1.165) is 25.0 Å². The molecule has 2 aliphatic heterocycles. The summed E-state index contributed by atoms with van der Waals surface area (Å²) in [6.07, 6.45) is 3.59. The van der Waals surface area contributed by atoms with Crippen molar-refractivity contribution in [1.29, 1.82) is 0 Å². The van der Waals surface area contributed by atoms with E-state index in [4.69, 9.17) is 4.74 Å². The van der Waals surface area contributed by atoms with Crippen LogP contribution in [0.1, 0.15) is 33.6 Å². The standard InChI is InChI=1S/C22H25BrF2N4O3/c1-21(2,3)19-22(5-7-29(19)20(30)31)4-6-28(11-22)18-17(10-26-12-27-18)32-16-9-15(25)14(24)8-13(16)23/h8-10,12,19H,4-7,11H2,1-3H3,(H,30,31). The predicted octanol–water partition coefficient (Wildman–Crippen LogP) is 5.30. The first-order chi connectivity index (χ1) is 15.0. The zero-order chi connectivity index (χ0) is 23.3. The van der Waals surface area contributed by atoms with Crippen LogP contribution >= 0.6 is 15.9 Å². The molecule has 0 bridgehead atoms. The normalized spacial score (nSPS) is 23.2. The van der Waals surface area contributed by atoms with Gasteiger partial charge in [0.25, 0.3) is 0 Å². The van der Waals surface area contributed by atoms with Gasteiger partial charge in [-0.1, -0.05) is 20.8 Å². The van der Waals surface area contributed by atoms with E-state index in [1.54, 1.807) is 4.90 Å². The molecule has 32 heavy (non-hydrogen) atoms. The Kier molecular flexibility index (Phi) is 5.77. The van der Waals surface area contributed by atoms with Crippen LogP contribution in [0.15, 0.2) is 29.1 Å². The van der Waals surface area contributed by atoms with Gasteiger partial charge in [0.05, 0.1) is 10.7 Å². The van der Waals surface area contributed by atoms with Crippen molar-refractivity contribution in [2.75, 3.05) is 24.5 Å². The molecular formula is C22H25BrF2N4O3. The molecule has 2 unspecified atom stereocenters.